The minimum Gasteiger partial charge on any atom is -0.376 e. The molecule has 3 nitrogen and oxygen atoms in total. The minimum atomic E-state index is 0.122. The van der Waals surface area contributed by atoms with Crippen molar-refractivity contribution in [1.82, 2.24) is 0 Å². The first-order valence-corrected chi connectivity index (χ1v) is 13.5. The van der Waals surface area contributed by atoms with Crippen LogP contribution in [0.5, 0.6) is 0 Å². The highest BCUT2D eigenvalue weighted by Crippen LogP contribution is 2.67. The largest absolute Gasteiger partial charge is 0.376 e. The SMILES string of the molecule is Cc1ccc(COC[C@@H](C)[C@H]2CC[C@H]3[C@@H]4CCC5C(=N)C(=O)CC[C@]5(C)[C@H]4CC[C@]23C)cc1. The van der Waals surface area contributed by atoms with Gasteiger partial charge in [0.05, 0.1) is 12.3 Å². The number of hydrogen-bond acceptors (Lipinski definition) is 3. The fraction of sp³-hybridized carbons (Fsp3) is 0.733. The van der Waals surface area contributed by atoms with Gasteiger partial charge in [-0.2, -0.15) is 0 Å². The third kappa shape index (κ3) is 3.83. The summed E-state index contributed by atoms with van der Waals surface area (Å²) in [7, 11) is 0. The summed E-state index contributed by atoms with van der Waals surface area (Å²) in [4.78, 5) is 12.3. The predicted octanol–water partition coefficient (Wildman–Crippen LogP) is 7.01. The van der Waals surface area contributed by atoms with E-state index >= 15 is 0 Å². The summed E-state index contributed by atoms with van der Waals surface area (Å²) in [5.74, 6) is 3.98. The zero-order chi connectivity index (χ0) is 23.4. The molecular weight excluding hydrogens is 406 g/mol. The van der Waals surface area contributed by atoms with Crippen LogP contribution in [0.15, 0.2) is 24.3 Å². The molecule has 33 heavy (non-hydrogen) atoms. The van der Waals surface area contributed by atoms with Crippen LogP contribution in [0.4, 0.5) is 0 Å². The normalized spacial score (nSPS) is 41.3. The Balaban J connectivity index is 1.25. The molecular formula is C30H43NO2. The van der Waals surface area contributed by atoms with Crippen molar-refractivity contribution in [2.45, 2.75) is 85.7 Å². The van der Waals surface area contributed by atoms with Gasteiger partial charge in [0.15, 0.2) is 5.78 Å². The Morgan fingerprint density at radius 3 is 2.48 bits per heavy atom. The minimum absolute atomic E-state index is 0.122. The monoisotopic (exact) mass is 449 g/mol. The van der Waals surface area contributed by atoms with Crippen molar-refractivity contribution in [2.75, 3.05) is 6.61 Å². The van der Waals surface area contributed by atoms with Gasteiger partial charge in [-0.1, -0.05) is 50.6 Å². The number of fused-ring (bicyclic) bond motifs is 5. The van der Waals surface area contributed by atoms with Crippen LogP contribution >= 0.6 is 0 Å². The lowest BCUT2D eigenvalue weighted by atomic mass is 9.44. The van der Waals surface area contributed by atoms with Crippen LogP contribution in [0.2, 0.25) is 0 Å². The summed E-state index contributed by atoms with van der Waals surface area (Å²) >= 11 is 0. The summed E-state index contributed by atoms with van der Waals surface area (Å²) in [6.07, 6.45) is 9.22. The van der Waals surface area contributed by atoms with Crippen molar-refractivity contribution in [3.8, 4) is 0 Å². The molecule has 8 atom stereocenters. The maximum atomic E-state index is 12.3. The van der Waals surface area contributed by atoms with Gasteiger partial charge >= 0.3 is 0 Å². The Hall–Kier alpha value is -1.48. The van der Waals surface area contributed by atoms with Crippen molar-refractivity contribution in [3.05, 3.63) is 35.4 Å². The Bertz CT molecular complexity index is 906. The molecule has 4 fully saturated rings. The molecule has 5 rings (SSSR count). The molecule has 0 aromatic heterocycles. The van der Waals surface area contributed by atoms with Crippen LogP contribution in [-0.4, -0.2) is 18.1 Å². The quantitative estimate of drug-likeness (QED) is 0.526. The first-order valence-electron chi connectivity index (χ1n) is 13.5. The van der Waals surface area contributed by atoms with E-state index in [4.69, 9.17) is 10.1 Å². The molecule has 180 valence electrons. The van der Waals surface area contributed by atoms with E-state index in [0.29, 0.717) is 36.0 Å². The fourth-order valence-electron chi connectivity index (χ4n) is 9.14. The topological polar surface area (TPSA) is 50.1 Å². The summed E-state index contributed by atoms with van der Waals surface area (Å²) in [6, 6.07) is 8.71. The molecule has 4 saturated carbocycles. The first kappa shape index (κ1) is 23.3. The molecule has 0 saturated heterocycles. The Labute approximate surface area is 200 Å². The van der Waals surface area contributed by atoms with Crippen LogP contribution in [0.3, 0.4) is 0 Å². The van der Waals surface area contributed by atoms with Gasteiger partial charge in [0, 0.05) is 18.9 Å². The lowest BCUT2D eigenvalue weighted by molar-refractivity contribution is -0.123. The molecule has 4 aliphatic rings. The number of ketones is 1. The molecule has 0 amide bonds. The maximum Gasteiger partial charge on any atom is 0.176 e. The summed E-state index contributed by atoms with van der Waals surface area (Å²) < 4.78 is 6.22. The number of hydrogen-bond donors (Lipinski definition) is 1. The molecule has 3 heteroatoms. The molecule has 0 radical (unpaired) electrons. The van der Waals surface area contributed by atoms with E-state index in [1.807, 2.05) is 0 Å². The van der Waals surface area contributed by atoms with Gasteiger partial charge in [-0.15, -0.1) is 0 Å². The number of aryl methyl sites for hydroxylation is 1. The molecule has 4 aliphatic carbocycles. The van der Waals surface area contributed by atoms with Gasteiger partial charge in [0.2, 0.25) is 0 Å². The van der Waals surface area contributed by atoms with Crippen molar-refractivity contribution < 1.29 is 9.53 Å². The van der Waals surface area contributed by atoms with Gasteiger partial charge in [0.1, 0.15) is 0 Å². The number of carbonyl (C=O) groups is 1. The van der Waals surface area contributed by atoms with Crippen LogP contribution in [-0.2, 0) is 16.1 Å². The smallest absolute Gasteiger partial charge is 0.176 e. The van der Waals surface area contributed by atoms with Crippen molar-refractivity contribution in [1.29, 1.82) is 5.41 Å². The Kier molecular flexibility index (Phi) is 6.08. The summed E-state index contributed by atoms with van der Waals surface area (Å²) in [5, 5.41) is 8.50. The second-order valence-electron chi connectivity index (χ2n) is 12.6. The fourth-order valence-corrected chi connectivity index (χ4v) is 9.14. The molecule has 1 unspecified atom stereocenters. The molecule has 1 N–H and O–H groups in total. The molecule has 0 spiro atoms. The number of rotatable bonds is 5. The number of nitrogens with one attached hydrogen (secondary N) is 1. The molecule has 1 aromatic rings. The van der Waals surface area contributed by atoms with Crippen LogP contribution in [0.1, 0.15) is 83.3 Å². The van der Waals surface area contributed by atoms with E-state index < -0.39 is 0 Å². The average molecular weight is 450 g/mol. The van der Waals surface area contributed by atoms with Crippen molar-refractivity contribution in [2.24, 2.45) is 46.3 Å². The van der Waals surface area contributed by atoms with Crippen LogP contribution < -0.4 is 0 Å². The first-order chi connectivity index (χ1) is 15.7. The second kappa shape index (κ2) is 8.63. The van der Waals surface area contributed by atoms with Gasteiger partial charge in [-0.3, -0.25) is 4.79 Å². The van der Waals surface area contributed by atoms with E-state index in [-0.39, 0.29) is 17.1 Å². The standard InChI is InChI=1S/C30H43NO2/c1-19-5-7-21(8-6-19)18-33-17-20(2)23-11-12-24-22-9-10-26-28(31)27(32)14-16-30(26,4)25(22)13-15-29(23,24)3/h5-8,20,22-26,31H,9-18H2,1-4H3/t20-,22+,23-,24+,25+,26?,29-,30-/m1/s1. The van der Waals surface area contributed by atoms with Crippen molar-refractivity contribution >= 4 is 11.5 Å². The molecule has 0 heterocycles. The zero-order valence-electron chi connectivity index (χ0n) is 21.2. The predicted molar refractivity (Wildman–Crippen MR) is 133 cm³/mol. The molecule has 0 aliphatic heterocycles. The lowest BCUT2D eigenvalue weighted by Gasteiger charge is -2.60. The van der Waals surface area contributed by atoms with E-state index in [0.717, 1.165) is 37.2 Å². The summed E-state index contributed by atoms with van der Waals surface area (Å²) in [6.45, 7) is 11.2. The van der Waals surface area contributed by atoms with Gasteiger partial charge in [-0.25, -0.2) is 0 Å². The van der Waals surface area contributed by atoms with E-state index in [1.54, 1.807) is 0 Å². The highest BCUT2D eigenvalue weighted by atomic mass is 16.5. The molecule has 1 aromatic carbocycles. The number of carbonyl (C=O) groups excluding carboxylic acids is 1. The van der Waals surface area contributed by atoms with Gasteiger partial charge in [0.25, 0.3) is 0 Å². The highest BCUT2D eigenvalue weighted by Gasteiger charge is 2.61. The van der Waals surface area contributed by atoms with Gasteiger partial charge in [-0.05, 0) is 97.9 Å². The van der Waals surface area contributed by atoms with Gasteiger partial charge < -0.3 is 10.1 Å². The second-order valence-corrected chi connectivity index (χ2v) is 12.6. The highest BCUT2D eigenvalue weighted by molar-refractivity contribution is 6.40. The third-order valence-electron chi connectivity index (χ3n) is 10.9. The van der Waals surface area contributed by atoms with Crippen LogP contribution in [0, 0.1) is 58.7 Å². The Morgan fingerprint density at radius 1 is 1.00 bits per heavy atom. The number of benzene rings is 1. The average Bonchev–Trinajstić information content (AvgIpc) is 3.15. The maximum absolute atomic E-state index is 12.3. The summed E-state index contributed by atoms with van der Waals surface area (Å²) in [5.41, 5.74) is 3.63. The van der Waals surface area contributed by atoms with Crippen molar-refractivity contribution in [3.63, 3.8) is 0 Å². The Morgan fingerprint density at radius 2 is 1.73 bits per heavy atom. The molecule has 0 bridgehead atoms. The van der Waals surface area contributed by atoms with E-state index in [2.05, 4.69) is 52.0 Å². The number of ether oxygens (including phenoxy) is 1. The van der Waals surface area contributed by atoms with Crippen LogP contribution in [0.25, 0.3) is 0 Å². The van der Waals surface area contributed by atoms with E-state index in [1.165, 1.54) is 43.2 Å². The lowest BCUT2D eigenvalue weighted by Crippen LogP contribution is -2.56. The van der Waals surface area contributed by atoms with E-state index in [9.17, 15) is 4.79 Å². The number of Topliss-reactive ketones (excluding diaryl/α,β-unsaturated/α-hetero) is 1. The zero-order valence-corrected chi connectivity index (χ0v) is 21.2. The third-order valence-corrected chi connectivity index (χ3v) is 10.9.